The summed E-state index contributed by atoms with van der Waals surface area (Å²) in [4.78, 5) is 0. The highest BCUT2D eigenvalue weighted by molar-refractivity contribution is 6.30. The van der Waals surface area contributed by atoms with Crippen LogP contribution in [0.5, 0.6) is 0 Å². The van der Waals surface area contributed by atoms with E-state index in [2.05, 4.69) is 44.2 Å². The maximum Gasteiger partial charge on any atom is 0.0406 e. The van der Waals surface area contributed by atoms with Crippen LogP contribution in [0.15, 0.2) is 36.4 Å². The first-order valence-electron chi connectivity index (χ1n) is 6.04. The maximum atomic E-state index is 5.91. The molecule has 1 radical (unpaired) electrons. The van der Waals surface area contributed by atoms with Crippen molar-refractivity contribution in [3.63, 3.8) is 0 Å². The highest BCUT2D eigenvalue weighted by atomic mass is 35.5. The third kappa shape index (κ3) is 2.89. The van der Waals surface area contributed by atoms with E-state index in [4.69, 9.17) is 11.6 Å². The summed E-state index contributed by atoms with van der Waals surface area (Å²) in [7, 11) is 0. The Bertz CT molecular complexity index is 475. The first-order valence-corrected chi connectivity index (χ1v) is 6.41. The molecule has 0 fully saturated rings. The zero-order chi connectivity index (χ0) is 12.3. The minimum Gasteiger partial charge on any atom is -0.0843 e. The molecule has 17 heavy (non-hydrogen) atoms. The van der Waals surface area contributed by atoms with Crippen LogP contribution in [-0.4, -0.2) is 0 Å². The lowest BCUT2D eigenvalue weighted by molar-refractivity contribution is 1.08. The summed E-state index contributed by atoms with van der Waals surface area (Å²) in [5, 5.41) is 0.780. The van der Waals surface area contributed by atoms with E-state index in [1.807, 2.05) is 12.1 Å². The van der Waals surface area contributed by atoms with Crippen molar-refractivity contribution in [1.82, 2.24) is 0 Å². The lowest BCUT2D eigenvalue weighted by Crippen LogP contribution is -1.89. The molecule has 2 rings (SSSR count). The minimum absolute atomic E-state index is 0.780. The molecule has 0 saturated heterocycles. The van der Waals surface area contributed by atoms with Crippen LogP contribution >= 0.6 is 11.6 Å². The van der Waals surface area contributed by atoms with Crippen LogP contribution in [0.4, 0.5) is 0 Å². The van der Waals surface area contributed by atoms with Crippen molar-refractivity contribution >= 4 is 11.6 Å². The van der Waals surface area contributed by atoms with Gasteiger partial charge in [-0.1, -0.05) is 49.7 Å². The predicted octanol–water partition coefficient (Wildman–Crippen LogP) is 4.93. The Balaban J connectivity index is 2.46. The number of benzene rings is 2. The van der Waals surface area contributed by atoms with Crippen molar-refractivity contribution in [2.45, 2.75) is 26.7 Å². The Morgan fingerprint density at radius 1 is 0.882 bits per heavy atom. The molecule has 0 aromatic heterocycles. The van der Waals surface area contributed by atoms with Crippen molar-refractivity contribution in [2.24, 2.45) is 0 Å². The fraction of sp³-hybridized carbons (Fsp3) is 0.250. The summed E-state index contributed by atoms with van der Waals surface area (Å²) in [6, 6.07) is 15.9. The molecule has 0 N–H and O–H groups in total. The molecule has 0 aliphatic carbocycles. The lowest BCUT2D eigenvalue weighted by atomic mass is 9.98. The Hall–Kier alpha value is -1.27. The van der Waals surface area contributed by atoms with Crippen LogP contribution < -0.4 is 0 Å². The van der Waals surface area contributed by atoms with Crippen molar-refractivity contribution in [3.8, 4) is 11.1 Å². The molecule has 87 valence electrons. The molecule has 0 nitrogen and oxygen atoms in total. The largest absolute Gasteiger partial charge is 0.0843 e. The van der Waals surface area contributed by atoms with Crippen molar-refractivity contribution in [3.05, 3.63) is 58.6 Å². The second kappa shape index (κ2) is 5.37. The SMILES string of the molecule is CCc1[c]c(CC)cc(-c2ccc(Cl)cc2)c1. The fourth-order valence-electron chi connectivity index (χ4n) is 1.89. The van der Waals surface area contributed by atoms with E-state index in [-0.39, 0.29) is 0 Å². The second-order valence-corrected chi connectivity index (χ2v) is 4.57. The van der Waals surface area contributed by atoms with E-state index >= 15 is 0 Å². The van der Waals surface area contributed by atoms with Gasteiger partial charge in [-0.3, -0.25) is 0 Å². The molecule has 0 atom stereocenters. The highest BCUT2D eigenvalue weighted by Crippen LogP contribution is 2.24. The fourth-order valence-corrected chi connectivity index (χ4v) is 2.01. The van der Waals surface area contributed by atoms with Crippen LogP contribution in [0.25, 0.3) is 11.1 Å². The zero-order valence-corrected chi connectivity index (χ0v) is 11.0. The van der Waals surface area contributed by atoms with Gasteiger partial charge in [0.15, 0.2) is 0 Å². The molecule has 2 aromatic carbocycles. The van der Waals surface area contributed by atoms with Crippen LogP contribution in [0.2, 0.25) is 5.02 Å². The quantitative estimate of drug-likeness (QED) is 0.717. The van der Waals surface area contributed by atoms with Gasteiger partial charge >= 0.3 is 0 Å². The van der Waals surface area contributed by atoms with Crippen LogP contribution in [-0.2, 0) is 12.8 Å². The van der Waals surface area contributed by atoms with E-state index < -0.39 is 0 Å². The molecule has 0 unspecified atom stereocenters. The summed E-state index contributed by atoms with van der Waals surface area (Å²) in [5.41, 5.74) is 5.02. The summed E-state index contributed by atoms with van der Waals surface area (Å²) < 4.78 is 0. The third-order valence-corrected chi connectivity index (χ3v) is 3.17. The first kappa shape index (κ1) is 12.2. The number of hydrogen-bond acceptors (Lipinski definition) is 0. The predicted molar refractivity (Wildman–Crippen MR) is 74.5 cm³/mol. The average molecular weight is 244 g/mol. The number of aryl methyl sites for hydroxylation is 2. The normalized spacial score (nSPS) is 10.5. The van der Waals surface area contributed by atoms with Gasteiger partial charge in [-0.2, -0.15) is 0 Å². The van der Waals surface area contributed by atoms with E-state index in [0.717, 1.165) is 17.9 Å². The Morgan fingerprint density at radius 3 is 1.88 bits per heavy atom. The van der Waals surface area contributed by atoms with Crippen molar-refractivity contribution in [2.75, 3.05) is 0 Å². The van der Waals surface area contributed by atoms with Gasteiger partial charge in [-0.15, -0.1) is 0 Å². The monoisotopic (exact) mass is 243 g/mol. The Labute approximate surface area is 108 Å². The van der Waals surface area contributed by atoms with E-state index in [9.17, 15) is 0 Å². The van der Waals surface area contributed by atoms with E-state index in [0.29, 0.717) is 0 Å². The van der Waals surface area contributed by atoms with Crippen LogP contribution in [0.1, 0.15) is 25.0 Å². The molecule has 0 aliphatic heterocycles. The molecule has 1 heteroatoms. The summed E-state index contributed by atoms with van der Waals surface area (Å²) >= 11 is 5.91. The topological polar surface area (TPSA) is 0 Å². The molecule has 0 amide bonds. The molecular weight excluding hydrogens is 228 g/mol. The molecule has 0 spiro atoms. The molecule has 0 saturated carbocycles. The molecule has 2 aromatic rings. The number of halogens is 1. The van der Waals surface area contributed by atoms with Gasteiger partial charge in [0.2, 0.25) is 0 Å². The van der Waals surface area contributed by atoms with Gasteiger partial charge in [-0.05, 0) is 53.3 Å². The number of rotatable bonds is 3. The van der Waals surface area contributed by atoms with Gasteiger partial charge in [0, 0.05) is 5.02 Å². The van der Waals surface area contributed by atoms with Gasteiger partial charge in [-0.25, -0.2) is 0 Å². The molecular formula is C16H16Cl. The number of hydrogen-bond donors (Lipinski definition) is 0. The third-order valence-electron chi connectivity index (χ3n) is 2.92. The van der Waals surface area contributed by atoms with Crippen LogP contribution in [0.3, 0.4) is 0 Å². The van der Waals surface area contributed by atoms with Crippen molar-refractivity contribution < 1.29 is 0 Å². The summed E-state index contributed by atoms with van der Waals surface area (Å²) in [5.74, 6) is 0. The first-order chi connectivity index (χ1) is 8.22. The average Bonchev–Trinajstić information content (AvgIpc) is 2.39. The maximum absolute atomic E-state index is 5.91. The molecule has 0 heterocycles. The highest BCUT2D eigenvalue weighted by Gasteiger charge is 2.02. The van der Waals surface area contributed by atoms with E-state index in [1.54, 1.807) is 0 Å². The Morgan fingerprint density at radius 2 is 1.41 bits per heavy atom. The van der Waals surface area contributed by atoms with Gasteiger partial charge in [0.1, 0.15) is 0 Å². The zero-order valence-electron chi connectivity index (χ0n) is 10.3. The smallest absolute Gasteiger partial charge is 0.0406 e. The second-order valence-electron chi connectivity index (χ2n) is 4.13. The minimum atomic E-state index is 0.780. The van der Waals surface area contributed by atoms with Crippen LogP contribution in [0, 0.1) is 6.07 Å². The van der Waals surface area contributed by atoms with Gasteiger partial charge < -0.3 is 0 Å². The van der Waals surface area contributed by atoms with Crippen molar-refractivity contribution in [1.29, 1.82) is 0 Å². The Kier molecular flexibility index (Phi) is 3.86. The summed E-state index contributed by atoms with van der Waals surface area (Å²) in [6.45, 7) is 4.33. The standard InChI is InChI=1S/C16H16Cl/c1-3-12-9-13(4-2)11-15(10-12)14-5-7-16(17)8-6-14/h5-8,10-11H,3-4H2,1-2H3. The molecule has 0 aliphatic rings. The lowest BCUT2D eigenvalue weighted by Gasteiger charge is -2.07. The van der Waals surface area contributed by atoms with Gasteiger partial charge in [0.05, 0.1) is 0 Å². The van der Waals surface area contributed by atoms with E-state index in [1.165, 1.54) is 22.3 Å². The van der Waals surface area contributed by atoms with Gasteiger partial charge in [0.25, 0.3) is 0 Å². The summed E-state index contributed by atoms with van der Waals surface area (Å²) in [6.07, 6.45) is 2.04. The molecule has 0 bridgehead atoms.